The molecule has 2 fully saturated rings. The third-order valence-electron chi connectivity index (χ3n) is 8.71. The summed E-state index contributed by atoms with van der Waals surface area (Å²) in [7, 11) is -1.93. The van der Waals surface area contributed by atoms with Crippen LogP contribution in [-0.2, 0) is 17.1 Å². The van der Waals surface area contributed by atoms with Gasteiger partial charge in [0.15, 0.2) is 5.65 Å². The molecule has 4 heterocycles. The van der Waals surface area contributed by atoms with E-state index in [1.165, 1.54) is 35.5 Å². The van der Waals surface area contributed by atoms with Crippen LogP contribution in [0.25, 0.3) is 22.2 Å². The monoisotopic (exact) mass is 546 g/mol. The molecular weight excluding hydrogens is 508 g/mol. The number of rotatable bonds is 6. The second kappa shape index (κ2) is 10.5. The number of piperazine rings is 1. The SMILES string of the molecule is CC(C)N1CCN([C@H]2CC[C@H](c3cnc4c(c3)c(-c3cnn(C)c3)cn4S(=O)(=O)c3ccccc3)CC2)CC1. The predicted molar refractivity (Wildman–Crippen MR) is 154 cm³/mol. The molecule has 0 spiro atoms. The molecule has 3 aromatic heterocycles. The number of pyridine rings is 1. The summed E-state index contributed by atoms with van der Waals surface area (Å²) in [6, 6.07) is 12.0. The van der Waals surface area contributed by atoms with Crippen LogP contribution in [0.4, 0.5) is 0 Å². The second-order valence-electron chi connectivity index (χ2n) is 11.4. The summed E-state index contributed by atoms with van der Waals surface area (Å²) in [5.41, 5.74) is 3.38. The zero-order valence-electron chi connectivity index (χ0n) is 23.1. The number of fused-ring (bicyclic) bond motifs is 1. The summed E-state index contributed by atoms with van der Waals surface area (Å²) in [5, 5.41) is 5.19. The molecule has 8 nitrogen and oxygen atoms in total. The molecule has 0 radical (unpaired) electrons. The molecule has 206 valence electrons. The smallest absolute Gasteiger partial charge is 0.269 e. The Morgan fingerprint density at radius 1 is 0.923 bits per heavy atom. The molecular formula is C30H38N6O2S. The summed E-state index contributed by atoms with van der Waals surface area (Å²) in [5.74, 6) is 0.436. The molecule has 6 rings (SSSR count). The first-order chi connectivity index (χ1) is 18.8. The fraction of sp³-hybridized carbons (Fsp3) is 0.467. The van der Waals surface area contributed by atoms with Crippen molar-refractivity contribution in [2.45, 2.75) is 62.4 Å². The Hall–Kier alpha value is -3.01. The van der Waals surface area contributed by atoms with Crippen LogP contribution in [0.2, 0.25) is 0 Å². The van der Waals surface area contributed by atoms with Gasteiger partial charge in [-0.25, -0.2) is 17.4 Å². The number of nitrogens with zero attached hydrogens (tertiary/aromatic N) is 6. The summed E-state index contributed by atoms with van der Waals surface area (Å²) in [6.45, 7) is 9.24. The van der Waals surface area contributed by atoms with E-state index in [4.69, 9.17) is 4.98 Å². The molecule has 0 unspecified atom stereocenters. The molecule has 4 aromatic rings. The number of hydrogen-bond donors (Lipinski definition) is 0. The van der Waals surface area contributed by atoms with Crippen molar-refractivity contribution in [2.75, 3.05) is 26.2 Å². The molecule has 2 aliphatic rings. The van der Waals surface area contributed by atoms with Crippen LogP contribution in [0.1, 0.15) is 51.0 Å². The van der Waals surface area contributed by atoms with E-state index >= 15 is 0 Å². The summed E-state index contributed by atoms with van der Waals surface area (Å²) < 4.78 is 30.3. The van der Waals surface area contributed by atoms with Gasteiger partial charge in [-0.1, -0.05) is 18.2 Å². The van der Waals surface area contributed by atoms with Crippen LogP contribution in [0.3, 0.4) is 0 Å². The number of aryl methyl sites for hydroxylation is 1. The van der Waals surface area contributed by atoms with E-state index in [-0.39, 0.29) is 4.90 Å². The van der Waals surface area contributed by atoms with Crippen LogP contribution < -0.4 is 0 Å². The first-order valence-corrected chi connectivity index (χ1v) is 15.5. The molecule has 1 aliphatic carbocycles. The van der Waals surface area contributed by atoms with Crippen LogP contribution in [0.15, 0.2) is 66.1 Å². The highest BCUT2D eigenvalue weighted by molar-refractivity contribution is 7.90. The van der Waals surface area contributed by atoms with Gasteiger partial charge in [-0.15, -0.1) is 0 Å². The third kappa shape index (κ3) is 5.03. The van der Waals surface area contributed by atoms with Crippen molar-refractivity contribution in [1.82, 2.24) is 28.5 Å². The largest absolute Gasteiger partial charge is 0.298 e. The maximum Gasteiger partial charge on any atom is 0.269 e. The summed E-state index contributed by atoms with van der Waals surface area (Å²) in [6.07, 6.45) is 12.0. The topological polar surface area (TPSA) is 76.3 Å². The van der Waals surface area contributed by atoms with Gasteiger partial charge in [0.25, 0.3) is 10.0 Å². The minimum atomic E-state index is -3.79. The van der Waals surface area contributed by atoms with Gasteiger partial charge in [0.05, 0.1) is 11.1 Å². The Morgan fingerprint density at radius 3 is 2.28 bits per heavy atom. The lowest BCUT2D eigenvalue weighted by atomic mass is 9.81. The summed E-state index contributed by atoms with van der Waals surface area (Å²) >= 11 is 0. The van der Waals surface area contributed by atoms with Crippen LogP contribution in [-0.4, -0.2) is 75.2 Å². The second-order valence-corrected chi connectivity index (χ2v) is 13.2. The van der Waals surface area contributed by atoms with E-state index in [0.29, 0.717) is 23.6 Å². The quantitative estimate of drug-likeness (QED) is 0.348. The number of aromatic nitrogens is 4. The minimum Gasteiger partial charge on any atom is -0.298 e. The summed E-state index contributed by atoms with van der Waals surface area (Å²) in [4.78, 5) is 10.3. The van der Waals surface area contributed by atoms with Crippen LogP contribution in [0, 0.1) is 0 Å². The van der Waals surface area contributed by atoms with Crippen molar-refractivity contribution in [3.05, 3.63) is 66.7 Å². The molecule has 1 aromatic carbocycles. The molecule has 9 heteroatoms. The fourth-order valence-electron chi connectivity index (χ4n) is 6.39. The molecule has 0 N–H and O–H groups in total. The van der Waals surface area contributed by atoms with Crippen LogP contribution in [0.5, 0.6) is 0 Å². The third-order valence-corrected chi connectivity index (χ3v) is 10.4. The standard InChI is InChI=1S/C30H38N6O2S/c1-22(2)34-13-15-35(16-14-34)26-11-9-23(10-12-26)24-17-28-29(25-19-32-33(3)20-25)21-36(30(28)31-18-24)39(37,38)27-7-5-4-6-8-27/h4-8,17-23,26H,9-16H2,1-3H3/t23-,26-. The van der Waals surface area contributed by atoms with Gasteiger partial charge < -0.3 is 0 Å². The van der Waals surface area contributed by atoms with Crippen LogP contribution >= 0.6 is 0 Å². The molecule has 1 aliphatic heterocycles. The lowest BCUT2D eigenvalue weighted by Crippen LogP contribution is -2.52. The van der Waals surface area contributed by atoms with E-state index in [9.17, 15) is 8.42 Å². The molecule has 39 heavy (non-hydrogen) atoms. The molecule has 1 saturated carbocycles. The van der Waals surface area contributed by atoms with E-state index in [2.05, 4.69) is 34.8 Å². The number of hydrogen-bond acceptors (Lipinski definition) is 6. The Morgan fingerprint density at radius 2 is 1.64 bits per heavy atom. The maximum atomic E-state index is 13.6. The van der Waals surface area contributed by atoms with E-state index in [1.54, 1.807) is 41.3 Å². The predicted octanol–water partition coefficient (Wildman–Crippen LogP) is 4.73. The lowest BCUT2D eigenvalue weighted by Gasteiger charge is -2.43. The average Bonchev–Trinajstić information content (AvgIpc) is 3.57. The van der Waals surface area contributed by atoms with Crippen molar-refractivity contribution in [1.29, 1.82) is 0 Å². The van der Waals surface area contributed by atoms with Crippen molar-refractivity contribution in [3.8, 4) is 11.1 Å². The van der Waals surface area contributed by atoms with Gasteiger partial charge in [-0.3, -0.25) is 14.5 Å². The van der Waals surface area contributed by atoms with Gasteiger partial charge in [-0.05, 0) is 69.2 Å². The Balaban J connectivity index is 1.28. The average molecular weight is 547 g/mol. The zero-order chi connectivity index (χ0) is 27.1. The lowest BCUT2D eigenvalue weighted by molar-refractivity contribution is 0.0620. The van der Waals surface area contributed by atoms with Gasteiger partial charge in [0.1, 0.15) is 0 Å². The van der Waals surface area contributed by atoms with E-state index in [1.807, 2.05) is 25.5 Å². The highest BCUT2D eigenvalue weighted by Crippen LogP contribution is 2.38. The van der Waals surface area contributed by atoms with E-state index in [0.717, 1.165) is 42.4 Å². The number of benzene rings is 1. The highest BCUT2D eigenvalue weighted by atomic mass is 32.2. The Bertz CT molecular complexity index is 1540. The normalized spacial score (nSPS) is 21.6. The fourth-order valence-corrected chi connectivity index (χ4v) is 7.74. The zero-order valence-corrected chi connectivity index (χ0v) is 23.9. The highest BCUT2D eigenvalue weighted by Gasteiger charge is 2.30. The van der Waals surface area contributed by atoms with Gasteiger partial charge in [-0.2, -0.15) is 5.10 Å². The van der Waals surface area contributed by atoms with Gasteiger partial charge in [0, 0.05) is 80.4 Å². The molecule has 0 amide bonds. The molecule has 0 bridgehead atoms. The van der Waals surface area contributed by atoms with Crippen molar-refractivity contribution < 1.29 is 8.42 Å². The first kappa shape index (κ1) is 26.2. The van der Waals surface area contributed by atoms with Gasteiger partial charge >= 0.3 is 0 Å². The van der Waals surface area contributed by atoms with Crippen molar-refractivity contribution in [2.24, 2.45) is 7.05 Å². The Labute approximate surface area is 231 Å². The molecule has 1 saturated heterocycles. The first-order valence-electron chi connectivity index (χ1n) is 14.1. The Kier molecular flexibility index (Phi) is 7.07. The van der Waals surface area contributed by atoms with Crippen molar-refractivity contribution in [3.63, 3.8) is 0 Å². The van der Waals surface area contributed by atoms with Crippen molar-refractivity contribution >= 4 is 21.1 Å². The van der Waals surface area contributed by atoms with Gasteiger partial charge in [0.2, 0.25) is 0 Å². The van der Waals surface area contributed by atoms with E-state index < -0.39 is 10.0 Å². The maximum absolute atomic E-state index is 13.6. The molecule has 0 atom stereocenters. The minimum absolute atomic E-state index is 0.248.